The molecule has 0 amide bonds. The Morgan fingerprint density at radius 3 is 2.63 bits per heavy atom. The van der Waals surface area contributed by atoms with Gasteiger partial charge < -0.3 is 10.6 Å². The first-order chi connectivity index (χ1) is 9.18. The van der Waals surface area contributed by atoms with Crippen molar-refractivity contribution in [3.63, 3.8) is 0 Å². The van der Waals surface area contributed by atoms with Gasteiger partial charge in [-0.3, -0.25) is 4.98 Å². The monoisotopic (exact) mass is 256 g/mol. The lowest BCUT2D eigenvalue weighted by atomic mass is 10.1. The molecule has 2 aromatic heterocycles. The molecule has 1 atom stereocenters. The summed E-state index contributed by atoms with van der Waals surface area (Å²) in [6, 6.07) is 8.04. The maximum atomic E-state index is 5.98. The topological polar surface area (TPSA) is 55.0 Å². The molecule has 0 aromatic carbocycles. The second kappa shape index (κ2) is 6.29. The lowest BCUT2D eigenvalue weighted by Gasteiger charge is -2.22. The number of pyridine rings is 2. The molecule has 0 aliphatic heterocycles. The summed E-state index contributed by atoms with van der Waals surface area (Å²) in [6.45, 7) is 2.89. The Kier molecular flexibility index (Phi) is 4.47. The highest BCUT2D eigenvalue weighted by molar-refractivity contribution is 5.47. The van der Waals surface area contributed by atoms with E-state index >= 15 is 0 Å². The zero-order valence-corrected chi connectivity index (χ0v) is 11.5. The van der Waals surface area contributed by atoms with Crippen LogP contribution in [0.5, 0.6) is 0 Å². The highest BCUT2D eigenvalue weighted by atomic mass is 15.2. The van der Waals surface area contributed by atoms with E-state index < -0.39 is 0 Å². The number of hydrogen-bond donors (Lipinski definition) is 1. The average molecular weight is 256 g/mol. The standard InChI is InChI=1S/C15H20N4/c1-12(16)14-4-3-8-18-15(14)19(2)11-7-13-5-9-17-10-6-13/h3-6,8-10,12H,7,11,16H2,1-2H3/t12-/m1/s1. The first-order valence-corrected chi connectivity index (χ1v) is 6.49. The van der Waals surface area contributed by atoms with Gasteiger partial charge in [-0.1, -0.05) is 6.07 Å². The van der Waals surface area contributed by atoms with Gasteiger partial charge in [-0.25, -0.2) is 4.98 Å². The van der Waals surface area contributed by atoms with Crippen molar-refractivity contribution < 1.29 is 0 Å². The van der Waals surface area contributed by atoms with Crippen molar-refractivity contribution in [3.05, 3.63) is 54.0 Å². The number of nitrogens with zero attached hydrogens (tertiary/aromatic N) is 3. The third-order valence-corrected chi connectivity index (χ3v) is 3.15. The van der Waals surface area contributed by atoms with Crippen molar-refractivity contribution >= 4 is 5.82 Å². The predicted molar refractivity (Wildman–Crippen MR) is 78.1 cm³/mol. The summed E-state index contributed by atoms with van der Waals surface area (Å²) in [5, 5.41) is 0. The van der Waals surface area contributed by atoms with E-state index in [1.807, 2.05) is 49.8 Å². The van der Waals surface area contributed by atoms with Crippen LogP contribution in [0.4, 0.5) is 5.82 Å². The number of aromatic nitrogens is 2. The van der Waals surface area contributed by atoms with Gasteiger partial charge in [-0.2, -0.15) is 0 Å². The zero-order valence-electron chi connectivity index (χ0n) is 11.5. The second-order valence-corrected chi connectivity index (χ2v) is 4.73. The van der Waals surface area contributed by atoms with Crippen LogP contribution in [-0.2, 0) is 6.42 Å². The predicted octanol–water partition coefficient (Wildman–Crippen LogP) is 2.18. The van der Waals surface area contributed by atoms with Gasteiger partial charge in [0.1, 0.15) is 5.82 Å². The van der Waals surface area contributed by atoms with E-state index in [1.165, 1.54) is 5.56 Å². The van der Waals surface area contributed by atoms with Crippen molar-refractivity contribution in [1.82, 2.24) is 9.97 Å². The Bertz CT molecular complexity index is 511. The third-order valence-electron chi connectivity index (χ3n) is 3.15. The molecule has 2 N–H and O–H groups in total. The first-order valence-electron chi connectivity index (χ1n) is 6.49. The molecule has 2 aromatic rings. The molecule has 0 unspecified atom stereocenters. The first kappa shape index (κ1) is 13.5. The molecule has 0 spiro atoms. The van der Waals surface area contributed by atoms with Crippen molar-refractivity contribution in [3.8, 4) is 0 Å². The number of anilines is 1. The van der Waals surface area contributed by atoms with E-state index in [4.69, 9.17) is 5.73 Å². The van der Waals surface area contributed by atoms with Gasteiger partial charge in [-0.05, 0) is 37.1 Å². The molecule has 0 saturated carbocycles. The summed E-state index contributed by atoms with van der Waals surface area (Å²) in [4.78, 5) is 10.6. The largest absolute Gasteiger partial charge is 0.359 e. The van der Waals surface area contributed by atoms with Crippen LogP contribution in [-0.4, -0.2) is 23.6 Å². The molecular weight excluding hydrogens is 236 g/mol. The minimum atomic E-state index is -0.00734. The maximum absolute atomic E-state index is 5.98. The van der Waals surface area contributed by atoms with Gasteiger partial charge in [0.25, 0.3) is 0 Å². The minimum absolute atomic E-state index is 0.00734. The molecule has 2 rings (SSSR count). The molecule has 2 heterocycles. The summed E-state index contributed by atoms with van der Waals surface area (Å²) in [6.07, 6.45) is 6.42. The van der Waals surface area contributed by atoms with E-state index in [0.717, 1.165) is 24.3 Å². The smallest absolute Gasteiger partial charge is 0.133 e. The van der Waals surface area contributed by atoms with Gasteiger partial charge >= 0.3 is 0 Å². The van der Waals surface area contributed by atoms with E-state index in [1.54, 1.807) is 0 Å². The number of nitrogens with two attached hydrogens (primary N) is 1. The van der Waals surface area contributed by atoms with Crippen LogP contribution >= 0.6 is 0 Å². The average Bonchev–Trinajstić information content (AvgIpc) is 2.46. The van der Waals surface area contributed by atoms with Crippen LogP contribution in [0.1, 0.15) is 24.1 Å². The van der Waals surface area contributed by atoms with Crippen LogP contribution in [0.3, 0.4) is 0 Å². The Balaban J connectivity index is 2.06. The van der Waals surface area contributed by atoms with Crippen LogP contribution < -0.4 is 10.6 Å². The van der Waals surface area contributed by atoms with Gasteiger partial charge in [0.15, 0.2) is 0 Å². The van der Waals surface area contributed by atoms with E-state index in [9.17, 15) is 0 Å². The van der Waals surface area contributed by atoms with Gasteiger partial charge in [-0.15, -0.1) is 0 Å². The lowest BCUT2D eigenvalue weighted by Crippen LogP contribution is -2.24. The summed E-state index contributed by atoms with van der Waals surface area (Å²) in [5.41, 5.74) is 8.35. The summed E-state index contributed by atoms with van der Waals surface area (Å²) < 4.78 is 0. The van der Waals surface area contributed by atoms with Gasteiger partial charge in [0, 0.05) is 43.8 Å². The molecule has 0 saturated heterocycles. The fraction of sp³-hybridized carbons (Fsp3) is 0.333. The lowest BCUT2D eigenvalue weighted by molar-refractivity contribution is 0.783. The Morgan fingerprint density at radius 2 is 1.95 bits per heavy atom. The zero-order chi connectivity index (χ0) is 13.7. The Morgan fingerprint density at radius 1 is 1.21 bits per heavy atom. The Labute approximate surface area is 114 Å². The molecular formula is C15H20N4. The van der Waals surface area contributed by atoms with E-state index in [0.29, 0.717) is 0 Å². The fourth-order valence-corrected chi connectivity index (χ4v) is 2.04. The van der Waals surface area contributed by atoms with Crippen molar-refractivity contribution in [2.75, 3.05) is 18.5 Å². The summed E-state index contributed by atoms with van der Waals surface area (Å²) >= 11 is 0. The highest BCUT2D eigenvalue weighted by Crippen LogP contribution is 2.21. The molecule has 19 heavy (non-hydrogen) atoms. The molecule has 0 fully saturated rings. The molecule has 4 heteroatoms. The third kappa shape index (κ3) is 3.51. The van der Waals surface area contributed by atoms with Crippen molar-refractivity contribution in [1.29, 1.82) is 0 Å². The van der Waals surface area contributed by atoms with Crippen LogP contribution in [0.2, 0.25) is 0 Å². The molecule has 0 aliphatic rings. The van der Waals surface area contributed by atoms with Crippen LogP contribution in [0, 0.1) is 0 Å². The van der Waals surface area contributed by atoms with Gasteiger partial charge in [0.2, 0.25) is 0 Å². The number of rotatable bonds is 5. The summed E-state index contributed by atoms with van der Waals surface area (Å²) in [7, 11) is 2.05. The quantitative estimate of drug-likeness (QED) is 0.891. The maximum Gasteiger partial charge on any atom is 0.133 e. The highest BCUT2D eigenvalue weighted by Gasteiger charge is 2.11. The summed E-state index contributed by atoms with van der Waals surface area (Å²) in [5.74, 6) is 0.964. The van der Waals surface area contributed by atoms with Crippen molar-refractivity contribution in [2.45, 2.75) is 19.4 Å². The number of likely N-dealkylation sites (N-methyl/N-ethyl adjacent to an activating group) is 1. The van der Waals surface area contributed by atoms with Gasteiger partial charge in [0.05, 0.1) is 0 Å². The molecule has 0 radical (unpaired) electrons. The normalized spacial score (nSPS) is 12.2. The molecule has 0 aliphatic carbocycles. The molecule has 100 valence electrons. The SMILES string of the molecule is C[C@@H](N)c1cccnc1N(C)CCc1ccncc1. The minimum Gasteiger partial charge on any atom is -0.359 e. The number of hydrogen-bond acceptors (Lipinski definition) is 4. The molecule has 0 bridgehead atoms. The fourth-order valence-electron chi connectivity index (χ4n) is 2.04. The van der Waals surface area contributed by atoms with Crippen LogP contribution in [0.25, 0.3) is 0 Å². The van der Waals surface area contributed by atoms with Crippen LogP contribution in [0.15, 0.2) is 42.9 Å². The second-order valence-electron chi connectivity index (χ2n) is 4.73. The van der Waals surface area contributed by atoms with E-state index in [-0.39, 0.29) is 6.04 Å². The Hall–Kier alpha value is -1.94. The molecule has 4 nitrogen and oxygen atoms in total. The van der Waals surface area contributed by atoms with E-state index in [2.05, 4.69) is 21.9 Å². The van der Waals surface area contributed by atoms with Crippen molar-refractivity contribution in [2.24, 2.45) is 5.73 Å².